The van der Waals surface area contributed by atoms with E-state index < -0.39 is 0 Å². The molecule has 0 bridgehead atoms. The molecule has 2 aromatic carbocycles. The molecule has 1 aromatic heterocycles. The lowest BCUT2D eigenvalue weighted by molar-refractivity contribution is 0.103. The molecule has 0 unspecified atom stereocenters. The maximum absolute atomic E-state index is 12.4. The summed E-state index contributed by atoms with van der Waals surface area (Å²) in [4.78, 5) is 12.9. The smallest absolute Gasteiger partial charge is 0.267 e. The zero-order valence-electron chi connectivity index (χ0n) is 11.5. The first-order valence-corrected chi connectivity index (χ1v) is 8.69. The number of hydrogen-bond donors (Lipinski definition) is 1. The van der Waals surface area contributed by atoms with Crippen LogP contribution >= 0.6 is 45.5 Å². The first-order valence-electron chi connectivity index (χ1n) is 6.41. The van der Waals surface area contributed by atoms with E-state index in [4.69, 9.17) is 16.3 Å². The first-order chi connectivity index (χ1) is 10.6. The van der Waals surface area contributed by atoms with Crippen LogP contribution in [0.4, 0.5) is 5.69 Å². The van der Waals surface area contributed by atoms with Crippen LogP contribution in [0.3, 0.4) is 0 Å². The van der Waals surface area contributed by atoms with Crippen LogP contribution in [0.1, 0.15) is 9.67 Å². The largest absolute Gasteiger partial charge is 0.497 e. The second-order valence-electron chi connectivity index (χ2n) is 4.57. The predicted molar refractivity (Wildman–Crippen MR) is 100 cm³/mol. The quantitative estimate of drug-likeness (QED) is 0.549. The molecule has 1 N–H and O–H groups in total. The van der Waals surface area contributed by atoms with Crippen molar-refractivity contribution in [1.82, 2.24) is 0 Å². The van der Waals surface area contributed by atoms with Crippen molar-refractivity contribution in [1.29, 1.82) is 0 Å². The van der Waals surface area contributed by atoms with E-state index in [2.05, 4.69) is 27.9 Å². The monoisotopic (exact) mass is 443 g/mol. The van der Waals surface area contributed by atoms with Crippen molar-refractivity contribution in [3.05, 3.63) is 55.9 Å². The van der Waals surface area contributed by atoms with Crippen LogP contribution < -0.4 is 10.1 Å². The van der Waals surface area contributed by atoms with Gasteiger partial charge >= 0.3 is 0 Å². The molecule has 6 heteroatoms. The number of nitrogens with one attached hydrogen (secondary N) is 1. The van der Waals surface area contributed by atoms with Gasteiger partial charge in [-0.3, -0.25) is 4.79 Å². The molecule has 1 amide bonds. The van der Waals surface area contributed by atoms with Gasteiger partial charge in [0.2, 0.25) is 0 Å². The molecule has 0 atom stereocenters. The number of ether oxygens (including phenoxy) is 1. The van der Waals surface area contributed by atoms with E-state index in [0.29, 0.717) is 9.90 Å². The van der Waals surface area contributed by atoms with Crippen molar-refractivity contribution in [2.45, 2.75) is 0 Å². The lowest BCUT2D eigenvalue weighted by atomic mass is 10.2. The van der Waals surface area contributed by atoms with Gasteiger partial charge in [0.05, 0.1) is 12.1 Å². The van der Waals surface area contributed by atoms with Gasteiger partial charge in [0.1, 0.15) is 10.6 Å². The molecule has 3 rings (SSSR count). The van der Waals surface area contributed by atoms with Crippen LogP contribution in [-0.4, -0.2) is 13.0 Å². The molecule has 0 aliphatic rings. The van der Waals surface area contributed by atoms with Crippen molar-refractivity contribution < 1.29 is 9.53 Å². The van der Waals surface area contributed by atoms with Gasteiger partial charge in [-0.25, -0.2) is 0 Å². The van der Waals surface area contributed by atoms with Gasteiger partial charge in [-0.1, -0.05) is 11.6 Å². The fourth-order valence-electron chi connectivity index (χ4n) is 2.04. The molecule has 22 heavy (non-hydrogen) atoms. The Morgan fingerprint density at radius 3 is 2.64 bits per heavy atom. The Hall–Kier alpha value is -1.31. The highest BCUT2D eigenvalue weighted by atomic mass is 127. The molecule has 3 nitrogen and oxygen atoms in total. The van der Waals surface area contributed by atoms with Crippen molar-refractivity contribution >= 4 is 67.2 Å². The van der Waals surface area contributed by atoms with Crippen LogP contribution in [0.25, 0.3) is 10.1 Å². The van der Waals surface area contributed by atoms with Gasteiger partial charge in [-0.05, 0) is 65.1 Å². The first kappa shape index (κ1) is 15.6. The fraction of sp³-hybridized carbons (Fsp3) is 0.0625. The molecule has 0 saturated carbocycles. The maximum atomic E-state index is 12.4. The number of carbonyl (C=O) groups is 1. The summed E-state index contributed by atoms with van der Waals surface area (Å²) in [6.45, 7) is 0. The molecular formula is C16H11ClINO2S. The summed E-state index contributed by atoms with van der Waals surface area (Å²) in [5, 5.41) is 4.16. The number of halogens is 2. The summed E-state index contributed by atoms with van der Waals surface area (Å²) in [5.74, 6) is 0.517. The highest BCUT2D eigenvalue weighted by Gasteiger charge is 2.17. The summed E-state index contributed by atoms with van der Waals surface area (Å²) in [6, 6.07) is 13.2. The molecule has 0 saturated heterocycles. The second kappa shape index (κ2) is 6.44. The molecule has 0 aliphatic heterocycles. The van der Waals surface area contributed by atoms with Gasteiger partial charge in [0, 0.05) is 19.3 Å². The molecule has 112 valence electrons. The summed E-state index contributed by atoms with van der Waals surface area (Å²) >= 11 is 9.96. The highest BCUT2D eigenvalue weighted by Crippen LogP contribution is 2.37. The van der Waals surface area contributed by atoms with Crippen LogP contribution in [0.2, 0.25) is 5.02 Å². The minimum absolute atomic E-state index is 0.202. The van der Waals surface area contributed by atoms with Gasteiger partial charge in [-0.15, -0.1) is 11.3 Å². The third-order valence-electron chi connectivity index (χ3n) is 3.14. The molecular weight excluding hydrogens is 433 g/mol. The number of fused-ring (bicyclic) bond motifs is 1. The minimum atomic E-state index is -0.202. The van der Waals surface area contributed by atoms with E-state index in [9.17, 15) is 4.79 Å². The van der Waals surface area contributed by atoms with Gasteiger partial charge in [-0.2, -0.15) is 0 Å². The Morgan fingerprint density at radius 2 is 1.95 bits per heavy atom. The number of amides is 1. The van der Waals surface area contributed by atoms with Gasteiger partial charge in [0.25, 0.3) is 5.91 Å². The van der Waals surface area contributed by atoms with Gasteiger partial charge < -0.3 is 10.1 Å². The van der Waals surface area contributed by atoms with Crippen molar-refractivity contribution in [2.24, 2.45) is 0 Å². The van der Waals surface area contributed by atoms with E-state index in [1.165, 1.54) is 11.3 Å². The molecule has 0 aliphatic carbocycles. The Labute approximate surface area is 150 Å². The van der Waals surface area contributed by atoms with Crippen LogP contribution in [0.5, 0.6) is 5.75 Å². The van der Waals surface area contributed by atoms with Gasteiger partial charge in [0.15, 0.2) is 0 Å². The Bertz CT molecular complexity index is 845. The number of benzene rings is 2. The summed E-state index contributed by atoms with van der Waals surface area (Å²) in [6.07, 6.45) is 0. The SMILES string of the molecule is COc1ccc2sc(C(=O)Nc3ccc(I)cc3)c(Cl)c2c1. The second-order valence-corrected chi connectivity index (χ2v) is 7.24. The van der Waals surface area contributed by atoms with Crippen LogP contribution in [0, 0.1) is 3.57 Å². The summed E-state index contributed by atoms with van der Waals surface area (Å²) in [5.41, 5.74) is 0.747. The number of rotatable bonds is 3. The van der Waals surface area contributed by atoms with Crippen molar-refractivity contribution in [2.75, 3.05) is 12.4 Å². The number of hydrogen-bond acceptors (Lipinski definition) is 3. The van der Waals surface area contributed by atoms with Crippen LogP contribution in [0.15, 0.2) is 42.5 Å². The average molecular weight is 444 g/mol. The molecule has 0 radical (unpaired) electrons. The maximum Gasteiger partial charge on any atom is 0.267 e. The lowest BCUT2D eigenvalue weighted by Gasteiger charge is -2.04. The summed E-state index contributed by atoms with van der Waals surface area (Å²) in [7, 11) is 1.60. The number of carbonyl (C=O) groups excluding carboxylic acids is 1. The Balaban J connectivity index is 1.93. The van der Waals surface area contributed by atoms with E-state index in [-0.39, 0.29) is 5.91 Å². The van der Waals surface area contributed by atoms with Crippen molar-refractivity contribution in [3.63, 3.8) is 0 Å². The normalized spacial score (nSPS) is 10.7. The zero-order valence-corrected chi connectivity index (χ0v) is 15.3. The third kappa shape index (κ3) is 3.06. The zero-order chi connectivity index (χ0) is 15.7. The van der Waals surface area contributed by atoms with E-state index in [1.807, 2.05) is 42.5 Å². The molecule has 0 fully saturated rings. The van der Waals surface area contributed by atoms with Crippen molar-refractivity contribution in [3.8, 4) is 5.75 Å². The average Bonchev–Trinajstić information content (AvgIpc) is 2.86. The van der Waals surface area contributed by atoms with Crippen LogP contribution in [-0.2, 0) is 0 Å². The third-order valence-corrected chi connectivity index (χ3v) is 5.54. The number of methoxy groups -OCH3 is 1. The standard InChI is InChI=1S/C16H11ClINO2S/c1-21-11-6-7-13-12(8-11)14(17)15(22-13)16(20)19-10-4-2-9(18)3-5-10/h2-8H,1H3,(H,19,20). The fourth-order valence-corrected chi connectivity index (χ4v) is 3.78. The Kier molecular flexibility index (Phi) is 4.56. The number of thiophene rings is 1. The van der Waals surface area contributed by atoms with E-state index in [1.54, 1.807) is 7.11 Å². The molecule has 0 spiro atoms. The number of anilines is 1. The molecule has 3 aromatic rings. The van der Waals surface area contributed by atoms with E-state index in [0.717, 1.165) is 25.1 Å². The summed E-state index contributed by atoms with van der Waals surface area (Å²) < 4.78 is 7.27. The Morgan fingerprint density at radius 1 is 1.23 bits per heavy atom. The minimum Gasteiger partial charge on any atom is -0.497 e. The lowest BCUT2D eigenvalue weighted by Crippen LogP contribution is -2.10. The highest BCUT2D eigenvalue weighted by molar-refractivity contribution is 14.1. The predicted octanol–water partition coefficient (Wildman–Crippen LogP) is 5.42. The van der Waals surface area contributed by atoms with E-state index >= 15 is 0 Å². The molecule has 1 heterocycles. The topological polar surface area (TPSA) is 38.3 Å².